The van der Waals surface area contributed by atoms with E-state index in [2.05, 4.69) is 0 Å². The Morgan fingerprint density at radius 2 is 2.14 bits per heavy atom. The van der Waals surface area contributed by atoms with E-state index in [-0.39, 0.29) is 15.7 Å². The van der Waals surface area contributed by atoms with E-state index in [1.54, 1.807) is 27.5 Å². The van der Waals surface area contributed by atoms with Crippen molar-refractivity contribution in [1.82, 2.24) is 4.90 Å². The predicted octanol–water partition coefficient (Wildman–Crippen LogP) is 2.13. The Morgan fingerprint density at radius 1 is 1.43 bits per heavy atom. The summed E-state index contributed by atoms with van der Waals surface area (Å²) in [7, 11) is 0. The molecule has 14 heavy (non-hydrogen) atoms. The van der Waals surface area contributed by atoms with E-state index < -0.39 is 0 Å². The Kier molecular flexibility index (Phi) is 4.84. The number of hydrogen-bond acceptors (Lipinski definition) is 2. The van der Waals surface area contributed by atoms with Crippen molar-refractivity contribution in [2.24, 2.45) is 0 Å². The smallest absolute Gasteiger partial charge is 0.223 e. The number of rotatable bonds is 3. The van der Waals surface area contributed by atoms with E-state index in [1.165, 1.54) is 0 Å². The zero-order valence-corrected chi connectivity index (χ0v) is 10.6. The number of carbonyl (C=O) groups is 2. The van der Waals surface area contributed by atoms with Crippen LogP contribution in [-0.4, -0.2) is 27.2 Å². The Bertz CT molecular complexity index is 230. The molecule has 1 atom stereocenters. The van der Waals surface area contributed by atoms with Gasteiger partial charge in [0.2, 0.25) is 9.70 Å². The first kappa shape index (κ1) is 11.9. The fourth-order valence-electron chi connectivity index (χ4n) is 1.82. The summed E-state index contributed by atoms with van der Waals surface area (Å²) in [6, 6.07) is -0.150. The fourth-order valence-corrected chi connectivity index (χ4v) is 2.47. The topological polar surface area (TPSA) is 37.4 Å². The SMILES string of the molecule is CCCC(=O)N1CCCC[C@H]1C(=O)I. The van der Waals surface area contributed by atoms with Crippen LogP contribution in [0.15, 0.2) is 0 Å². The Balaban J connectivity index is 2.62. The van der Waals surface area contributed by atoms with Gasteiger partial charge in [-0.15, -0.1) is 0 Å². The maximum atomic E-state index is 11.7. The third kappa shape index (κ3) is 2.93. The van der Waals surface area contributed by atoms with Crippen molar-refractivity contribution in [1.29, 1.82) is 0 Å². The van der Waals surface area contributed by atoms with Gasteiger partial charge in [0.1, 0.15) is 6.04 Å². The number of likely N-dealkylation sites (tertiary alicyclic amines) is 1. The van der Waals surface area contributed by atoms with Gasteiger partial charge in [0.05, 0.1) is 0 Å². The summed E-state index contributed by atoms with van der Waals surface area (Å²) in [5.74, 6) is 0.141. The highest BCUT2D eigenvalue weighted by Gasteiger charge is 2.29. The minimum Gasteiger partial charge on any atom is -0.332 e. The molecule has 0 aliphatic carbocycles. The van der Waals surface area contributed by atoms with Crippen LogP contribution in [0, 0.1) is 0 Å². The van der Waals surface area contributed by atoms with Crippen LogP contribution in [0.25, 0.3) is 0 Å². The molecular formula is C10H16INO2. The van der Waals surface area contributed by atoms with Crippen molar-refractivity contribution in [3.63, 3.8) is 0 Å². The maximum absolute atomic E-state index is 11.7. The van der Waals surface area contributed by atoms with E-state index in [0.717, 1.165) is 32.2 Å². The zero-order chi connectivity index (χ0) is 10.6. The molecule has 1 aliphatic heterocycles. The fraction of sp³-hybridized carbons (Fsp3) is 0.800. The van der Waals surface area contributed by atoms with Crippen molar-refractivity contribution < 1.29 is 9.59 Å². The van der Waals surface area contributed by atoms with E-state index >= 15 is 0 Å². The summed E-state index contributed by atoms with van der Waals surface area (Å²) in [5, 5.41) is 0. The minimum absolute atomic E-state index is 0.103. The van der Waals surface area contributed by atoms with Crippen LogP contribution in [0.4, 0.5) is 0 Å². The van der Waals surface area contributed by atoms with Crippen molar-refractivity contribution in [2.75, 3.05) is 6.54 Å². The van der Waals surface area contributed by atoms with Gasteiger partial charge in [-0.2, -0.15) is 0 Å². The molecule has 4 heteroatoms. The molecule has 1 fully saturated rings. The molecule has 0 bridgehead atoms. The normalized spacial score (nSPS) is 22.1. The highest BCUT2D eigenvalue weighted by molar-refractivity contribution is 14.1. The van der Waals surface area contributed by atoms with Gasteiger partial charge in [0.15, 0.2) is 0 Å². The van der Waals surface area contributed by atoms with Crippen molar-refractivity contribution >= 4 is 32.3 Å². The average molecular weight is 309 g/mol. The van der Waals surface area contributed by atoms with Gasteiger partial charge in [0.25, 0.3) is 0 Å². The van der Waals surface area contributed by atoms with E-state index in [0.29, 0.717) is 6.42 Å². The zero-order valence-electron chi connectivity index (χ0n) is 8.46. The Hall–Kier alpha value is -0.130. The molecule has 1 aliphatic rings. The molecule has 0 spiro atoms. The van der Waals surface area contributed by atoms with Crippen molar-refractivity contribution in [2.45, 2.75) is 45.1 Å². The standard InChI is InChI=1S/C10H16INO2/c1-2-5-9(13)12-7-4-3-6-8(12)10(11)14/h8H,2-7H2,1H3/t8-/m0/s1. The quantitative estimate of drug-likeness (QED) is 0.591. The molecule has 0 saturated carbocycles. The summed E-state index contributed by atoms with van der Waals surface area (Å²) in [5.41, 5.74) is 0. The Labute approximate surface area is 98.4 Å². The largest absolute Gasteiger partial charge is 0.332 e. The van der Waals surface area contributed by atoms with Crippen LogP contribution in [0.1, 0.15) is 39.0 Å². The lowest BCUT2D eigenvalue weighted by atomic mass is 10.0. The summed E-state index contributed by atoms with van der Waals surface area (Å²) >= 11 is 1.81. The van der Waals surface area contributed by atoms with Gasteiger partial charge in [-0.05, 0) is 25.7 Å². The molecule has 0 aromatic rings. The molecule has 0 aromatic heterocycles. The molecule has 0 N–H and O–H groups in total. The third-order valence-electron chi connectivity index (χ3n) is 2.55. The highest BCUT2D eigenvalue weighted by Crippen LogP contribution is 2.20. The molecule has 0 aromatic carbocycles. The van der Waals surface area contributed by atoms with Gasteiger partial charge in [-0.25, -0.2) is 0 Å². The van der Waals surface area contributed by atoms with E-state index in [9.17, 15) is 9.59 Å². The molecule has 3 nitrogen and oxygen atoms in total. The molecular weight excluding hydrogens is 293 g/mol. The monoisotopic (exact) mass is 309 g/mol. The highest BCUT2D eigenvalue weighted by atomic mass is 127. The number of piperidine rings is 1. The summed E-state index contributed by atoms with van der Waals surface area (Å²) < 4.78 is 0.103. The van der Waals surface area contributed by atoms with Gasteiger partial charge in [-0.3, -0.25) is 9.59 Å². The average Bonchev–Trinajstić information content (AvgIpc) is 2.18. The summed E-state index contributed by atoms with van der Waals surface area (Å²) in [6.45, 7) is 2.75. The second-order valence-corrected chi connectivity index (χ2v) is 4.72. The molecule has 80 valence electrons. The number of halogens is 1. The first-order valence-corrected chi connectivity index (χ1v) is 6.23. The number of carbonyl (C=O) groups excluding carboxylic acids is 2. The van der Waals surface area contributed by atoms with Crippen molar-refractivity contribution in [3.05, 3.63) is 0 Å². The maximum Gasteiger partial charge on any atom is 0.223 e. The second-order valence-electron chi connectivity index (χ2n) is 3.65. The minimum atomic E-state index is -0.150. The molecule has 0 radical (unpaired) electrons. The lowest BCUT2D eigenvalue weighted by Gasteiger charge is -2.33. The van der Waals surface area contributed by atoms with Crippen LogP contribution < -0.4 is 0 Å². The Morgan fingerprint density at radius 3 is 2.71 bits per heavy atom. The third-order valence-corrected chi connectivity index (χ3v) is 3.27. The van der Waals surface area contributed by atoms with Gasteiger partial charge in [-0.1, -0.05) is 6.92 Å². The molecule has 1 rings (SSSR count). The van der Waals surface area contributed by atoms with Gasteiger partial charge >= 0.3 is 0 Å². The molecule has 0 unspecified atom stereocenters. The molecule has 1 saturated heterocycles. The van der Waals surface area contributed by atoms with E-state index in [4.69, 9.17) is 0 Å². The number of amides is 1. The van der Waals surface area contributed by atoms with Gasteiger partial charge in [0, 0.05) is 35.6 Å². The molecule has 1 heterocycles. The van der Waals surface area contributed by atoms with Gasteiger partial charge < -0.3 is 4.90 Å². The number of nitrogens with zero attached hydrogens (tertiary/aromatic N) is 1. The van der Waals surface area contributed by atoms with Crippen LogP contribution in [0.3, 0.4) is 0 Å². The van der Waals surface area contributed by atoms with Crippen LogP contribution >= 0.6 is 22.6 Å². The summed E-state index contributed by atoms with van der Waals surface area (Å²) in [4.78, 5) is 24.8. The number of hydrogen-bond donors (Lipinski definition) is 0. The van der Waals surface area contributed by atoms with Crippen LogP contribution in [0.5, 0.6) is 0 Å². The first-order chi connectivity index (χ1) is 6.66. The first-order valence-electron chi connectivity index (χ1n) is 5.15. The molecule has 1 amide bonds. The van der Waals surface area contributed by atoms with Crippen LogP contribution in [0.2, 0.25) is 0 Å². The lowest BCUT2D eigenvalue weighted by Crippen LogP contribution is -2.46. The van der Waals surface area contributed by atoms with Crippen molar-refractivity contribution in [3.8, 4) is 0 Å². The predicted molar refractivity (Wildman–Crippen MR) is 63.3 cm³/mol. The van der Waals surface area contributed by atoms with Crippen LogP contribution in [-0.2, 0) is 9.59 Å². The summed E-state index contributed by atoms with van der Waals surface area (Å²) in [6.07, 6.45) is 4.38. The second kappa shape index (κ2) is 5.68. The van der Waals surface area contributed by atoms with E-state index in [1.807, 2.05) is 6.92 Å². The lowest BCUT2D eigenvalue weighted by molar-refractivity contribution is -0.138.